The molecule has 23 heavy (non-hydrogen) atoms. The van der Waals surface area contributed by atoms with E-state index in [4.69, 9.17) is 10.5 Å². The maximum atomic E-state index is 12.4. The van der Waals surface area contributed by atoms with Crippen molar-refractivity contribution in [2.75, 3.05) is 12.4 Å². The predicted octanol–water partition coefficient (Wildman–Crippen LogP) is 3.81. The molecule has 8 heteroatoms. The molecule has 0 unspecified atom stereocenters. The van der Waals surface area contributed by atoms with Gasteiger partial charge in [0.1, 0.15) is 0 Å². The normalized spacial score (nSPS) is 15.3. The minimum Gasteiger partial charge on any atom is -0.377 e. The predicted molar refractivity (Wildman–Crippen MR) is 86.5 cm³/mol. The third-order valence-electron chi connectivity index (χ3n) is 3.23. The Labute approximate surface area is 137 Å². The van der Waals surface area contributed by atoms with Crippen LogP contribution in [0.2, 0.25) is 0 Å². The molecule has 126 valence electrons. The zero-order valence-corrected chi connectivity index (χ0v) is 13.3. The minimum absolute atomic E-state index is 0.315. The number of ether oxygens (including phenoxy) is 1. The molecule has 0 saturated carbocycles. The first-order chi connectivity index (χ1) is 10.9. The van der Waals surface area contributed by atoms with Crippen LogP contribution in [0.15, 0.2) is 34.5 Å². The summed E-state index contributed by atoms with van der Waals surface area (Å²) < 4.78 is 42.8. The zero-order chi connectivity index (χ0) is 16.7. The topological polar surface area (TPSA) is 60.0 Å². The van der Waals surface area contributed by atoms with Crippen LogP contribution < -0.4 is 5.73 Å². The van der Waals surface area contributed by atoms with Crippen LogP contribution in [0.4, 0.5) is 13.2 Å². The Morgan fingerprint density at radius 1 is 1.13 bits per heavy atom. The fraction of sp³-hybridized carbons (Fsp3) is 0.467. The van der Waals surface area contributed by atoms with Gasteiger partial charge in [0.2, 0.25) is 0 Å². The first-order valence-electron chi connectivity index (χ1n) is 7.21. The monoisotopic (exact) mass is 345 g/mol. The molecule has 0 aliphatic carbocycles. The second kappa shape index (κ2) is 8.35. The molecular weight excluding hydrogens is 327 g/mol. The first kappa shape index (κ1) is 17.8. The molecule has 1 aromatic carbocycles. The number of hydrogen-bond acceptors (Lipinski definition) is 5. The maximum Gasteiger partial charge on any atom is 0.416 e. The van der Waals surface area contributed by atoms with E-state index < -0.39 is 11.7 Å². The third kappa shape index (κ3) is 6.23. The average molecular weight is 345 g/mol. The lowest BCUT2D eigenvalue weighted by Gasteiger charge is -2.09. The van der Waals surface area contributed by atoms with Gasteiger partial charge in [0.05, 0.1) is 17.9 Å². The Bertz CT molecular complexity index is 570. The third-order valence-corrected chi connectivity index (χ3v) is 4.09. The Morgan fingerprint density at radius 2 is 1.87 bits per heavy atom. The molecule has 0 amide bonds. The van der Waals surface area contributed by atoms with Crippen LogP contribution in [0, 0.1) is 0 Å². The van der Waals surface area contributed by atoms with E-state index in [1.807, 2.05) is 0 Å². The van der Waals surface area contributed by atoms with E-state index in [0.717, 1.165) is 48.4 Å². The lowest BCUT2D eigenvalue weighted by Crippen LogP contribution is -2.15. The number of amidine groups is 1. The number of halogens is 3. The van der Waals surface area contributed by atoms with Gasteiger partial charge in [-0.2, -0.15) is 18.3 Å². The highest BCUT2D eigenvalue weighted by Crippen LogP contribution is 2.29. The number of rotatable bonds is 7. The van der Waals surface area contributed by atoms with E-state index in [2.05, 4.69) is 10.2 Å². The number of unbranched alkanes of at least 4 members (excludes halogenated alkanes) is 1. The van der Waals surface area contributed by atoms with Crippen molar-refractivity contribution >= 4 is 22.6 Å². The van der Waals surface area contributed by atoms with Gasteiger partial charge in [-0.3, -0.25) is 0 Å². The van der Waals surface area contributed by atoms with Gasteiger partial charge in [-0.1, -0.05) is 23.9 Å². The molecule has 1 heterocycles. The van der Waals surface area contributed by atoms with Gasteiger partial charge in [-0.05, 0) is 37.0 Å². The summed E-state index contributed by atoms with van der Waals surface area (Å²) in [7, 11) is 0. The summed E-state index contributed by atoms with van der Waals surface area (Å²) in [6.45, 7) is 0.878. The van der Waals surface area contributed by atoms with Crippen LogP contribution in [0.5, 0.6) is 0 Å². The summed E-state index contributed by atoms with van der Waals surface area (Å²) in [4.78, 5) is 0. The fourth-order valence-corrected chi connectivity index (χ4v) is 2.59. The van der Waals surface area contributed by atoms with Crippen LogP contribution in [0.3, 0.4) is 0 Å². The Balaban J connectivity index is 1.60. The second-order valence-electron chi connectivity index (χ2n) is 5.10. The highest BCUT2D eigenvalue weighted by Gasteiger charge is 2.29. The van der Waals surface area contributed by atoms with Gasteiger partial charge in [0.15, 0.2) is 5.17 Å². The fourth-order valence-electron chi connectivity index (χ4n) is 1.97. The van der Waals surface area contributed by atoms with Gasteiger partial charge >= 0.3 is 6.18 Å². The van der Waals surface area contributed by atoms with E-state index in [9.17, 15) is 13.2 Å². The molecule has 0 spiro atoms. The Hall–Kier alpha value is -1.54. The molecule has 0 atom stereocenters. The number of alkyl halides is 3. The number of hydrogen-bond donors (Lipinski definition) is 1. The van der Waals surface area contributed by atoms with Crippen molar-refractivity contribution in [2.24, 2.45) is 15.9 Å². The number of benzene rings is 1. The first-order valence-corrected chi connectivity index (χ1v) is 8.19. The quantitative estimate of drug-likeness (QED) is 0.765. The van der Waals surface area contributed by atoms with E-state index in [1.165, 1.54) is 23.9 Å². The molecule has 0 bridgehead atoms. The van der Waals surface area contributed by atoms with Crippen molar-refractivity contribution in [1.82, 2.24) is 0 Å². The Kier molecular flexibility index (Phi) is 6.47. The molecule has 4 nitrogen and oxygen atoms in total. The molecule has 1 aliphatic rings. The largest absolute Gasteiger partial charge is 0.416 e. The second-order valence-corrected chi connectivity index (χ2v) is 6.09. The zero-order valence-electron chi connectivity index (χ0n) is 12.5. The molecule has 2 rings (SSSR count). The summed E-state index contributed by atoms with van der Waals surface area (Å²) in [6.07, 6.45) is -1.65. The summed E-state index contributed by atoms with van der Waals surface area (Å²) in [5.41, 5.74) is 6.61. The van der Waals surface area contributed by atoms with Gasteiger partial charge < -0.3 is 10.5 Å². The molecule has 1 aromatic rings. The summed E-state index contributed by atoms with van der Waals surface area (Å²) in [5.74, 6) is 0.780. The molecule has 0 fully saturated rings. The SMILES string of the molecule is NC1=NN=C(CCCCOCc2ccc(C(F)(F)F)cc2)CS1. The molecule has 0 aromatic heterocycles. The van der Waals surface area contributed by atoms with Crippen LogP contribution in [0.25, 0.3) is 0 Å². The number of nitrogens with two attached hydrogens (primary N) is 1. The van der Waals surface area contributed by atoms with E-state index >= 15 is 0 Å². The van der Waals surface area contributed by atoms with Crippen LogP contribution >= 0.6 is 11.8 Å². The smallest absolute Gasteiger partial charge is 0.377 e. The lowest BCUT2D eigenvalue weighted by atomic mass is 10.1. The number of thioether (sulfide) groups is 1. The molecule has 2 N–H and O–H groups in total. The van der Waals surface area contributed by atoms with Crippen molar-refractivity contribution in [3.05, 3.63) is 35.4 Å². The molecule has 1 aliphatic heterocycles. The van der Waals surface area contributed by atoms with Crippen molar-refractivity contribution in [1.29, 1.82) is 0 Å². The van der Waals surface area contributed by atoms with Crippen molar-refractivity contribution in [3.8, 4) is 0 Å². The van der Waals surface area contributed by atoms with Crippen LogP contribution in [-0.2, 0) is 17.5 Å². The van der Waals surface area contributed by atoms with Crippen molar-refractivity contribution in [3.63, 3.8) is 0 Å². The van der Waals surface area contributed by atoms with Gasteiger partial charge in [-0.15, -0.1) is 5.10 Å². The summed E-state index contributed by atoms with van der Waals surface area (Å²) in [6, 6.07) is 5.03. The lowest BCUT2D eigenvalue weighted by molar-refractivity contribution is -0.137. The summed E-state index contributed by atoms with van der Waals surface area (Å²) >= 11 is 1.48. The van der Waals surface area contributed by atoms with Crippen LogP contribution in [0.1, 0.15) is 30.4 Å². The molecular formula is C15H18F3N3OS. The van der Waals surface area contributed by atoms with E-state index in [1.54, 1.807) is 0 Å². The molecule has 0 saturated heterocycles. The number of nitrogens with zero attached hydrogens (tertiary/aromatic N) is 2. The van der Waals surface area contributed by atoms with Gasteiger partial charge in [0, 0.05) is 12.4 Å². The average Bonchev–Trinajstić information content (AvgIpc) is 2.52. The van der Waals surface area contributed by atoms with Crippen molar-refractivity contribution < 1.29 is 17.9 Å². The van der Waals surface area contributed by atoms with Gasteiger partial charge in [-0.25, -0.2) is 0 Å². The van der Waals surface area contributed by atoms with Gasteiger partial charge in [0.25, 0.3) is 0 Å². The minimum atomic E-state index is -4.30. The molecule has 0 radical (unpaired) electrons. The highest BCUT2D eigenvalue weighted by atomic mass is 32.2. The highest BCUT2D eigenvalue weighted by molar-refractivity contribution is 8.14. The standard InChI is InChI=1S/C15H18F3N3OS/c16-15(17,18)12-6-4-11(5-7-12)9-22-8-2-1-3-13-10-23-14(19)21-20-13/h4-7H,1-3,8-10H2,(H2,19,21). The van der Waals surface area contributed by atoms with E-state index in [-0.39, 0.29) is 0 Å². The Morgan fingerprint density at radius 3 is 2.48 bits per heavy atom. The summed E-state index contributed by atoms with van der Waals surface area (Å²) in [5, 5.41) is 8.35. The van der Waals surface area contributed by atoms with Crippen molar-refractivity contribution in [2.45, 2.75) is 32.0 Å². The van der Waals surface area contributed by atoms with E-state index in [0.29, 0.717) is 18.4 Å². The maximum absolute atomic E-state index is 12.4. The van der Waals surface area contributed by atoms with Crippen LogP contribution in [-0.4, -0.2) is 23.2 Å².